The lowest BCUT2D eigenvalue weighted by molar-refractivity contribution is -0.370. The standard InChI is InChI=1S/C79H89NO15Si/c1-58(81)91-70-68(57-90-96(79(2,3)4,65-45-27-13-28-46-65)66-47-29-14-30-48-66)92-76(85-50-32-6-5-31-49-80-78(83)89-55-63-41-23-11-24-42-63)74(94-75(82)64-43-25-12-26-44-64)72(70)95-77-73(88-54-62-39-21-10-22-40-62)71(87-53-61-37-19-9-20-38-61)69(86-52-60-35-17-8-18-36-60)67(93-77)56-84-51-59-33-15-7-16-34-59/h7-30,33-48,67-74,76-77H,5-6,31-32,49-57H2,1-4H3,(H,80,83)/t67-,68-,69+,70+,71+,72+,73-,74-,76-,77-/m1/s1. The number of hydrogen-bond acceptors (Lipinski definition) is 15. The predicted octanol–water partition coefficient (Wildman–Crippen LogP) is 13.0. The van der Waals surface area contributed by atoms with E-state index in [0.717, 1.165) is 44.6 Å². The molecular weight excluding hydrogens is 1230 g/mol. The molecule has 1 N–H and O–H groups in total. The Kier molecular flexibility index (Phi) is 26.7. The zero-order valence-electron chi connectivity index (χ0n) is 55.2. The Hall–Kier alpha value is -8.17. The Bertz CT molecular complexity index is 3500. The largest absolute Gasteiger partial charge is 0.457 e. The van der Waals surface area contributed by atoms with Crippen molar-refractivity contribution in [2.45, 2.75) is 153 Å². The fourth-order valence-corrected chi connectivity index (χ4v) is 16.8. The van der Waals surface area contributed by atoms with Gasteiger partial charge in [-0.3, -0.25) is 4.79 Å². The number of rotatable bonds is 33. The first-order valence-corrected chi connectivity index (χ1v) is 35.1. The second-order valence-corrected chi connectivity index (χ2v) is 29.3. The van der Waals surface area contributed by atoms with Crippen LogP contribution in [-0.2, 0) is 94.4 Å². The van der Waals surface area contributed by atoms with Crippen LogP contribution in [0.4, 0.5) is 4.79 Å². The number of carbonyl (C=O) groups is 3. The average Bonchev–Trinajstić information content (AvgIpc) is 0.762. The van der Waals surface area contributed by atoms with Gasteiger partial charge >= 0.3 is 18.0 Å². The van der Waals surface area contributed by atoms with Gasteiger partial charge < -0.3 is 61.8 Å². The predicted molar refractivity (Wildman–Crippen MR) is 367 cm³/mol. The van der Waals surface area contributed by atoms with Crippen LogP contribution in [0.1, 0.15) is 91.6 Å². The quantitative estimate of drug-likeness (QED) is 0.0178. The second-order valence-electron chi connectivity index (χ2n) is 25.0. The maximum Gasteiger partial charge on any atom is 0.407 e. The topological polar surface area (TPSA) is 174 Å². The SMILES string of the molecule is CC(=O)O[C@@H]1[C@H](O[C@H]2O[C@H](COCc3ccccc3)[C@H](OCc3ccccc3)[C@H](OCc3ccccc3)[C@H]2OCc2ccccc2)[C@@H](OC(=O)c2ccccc2)[C@H](OCCCCCCNC(=O)OCc2ccccc2)O[C@@H]1CO[Si](c1ccccc1)(c1ccccc1)C(C)(C)C. The van der Waals surface area contributed by atoms with E-state index in [-0.39, 0.29) is 58.4 Å². The molecule has 2 saturated heterocycles. The second kappa shape index (κ2) is 36.3. The highest BCUT2D eigenvalue weighted by Gasteiger charge is 2.58. The molecule has 0 aliphatic carbocycles. The minimum atomic E-state index is -3.35. The number of ether oxygens (including phenoxy) is 11. The molecule has 2 aliphatic rings. The average molecular weight is 1320 g/mol. The molecule has 10 atom stereocenters. The van der Waals surface area contributed by atoms with Gasteiger partial charge in [-0.25, -0.2) is 9.59 Å². The normalized spacial score (nSPS) is 21.2. The third kappa shape index (κ3) is 20.0. The first-order valence-electron chi connectivity index (χ1n) is 33.2. The van der Waals surface area contributed by atoms with E-state index in [1.165, 1.54) is 6.92 Å². The summed E-state index contributed by atoms with van der Waals surface area (Å²) in [5.41, 5.74) is 4.77. The summed E-state index contributed by atoms with van der Waals surface area (Å²) in [6, 6.07) is 77.9. The van der Waals surface area contributed by atoms with Gasteiger partial charge in [0.05, 0.1) is 45.2 Å². The van der Waals surface area contributed by atoms with E-state index in [1.54, 1.807) is 24.3 Å². The Labute approximate surface area is 565 Å². The van der Waals surface area contributed by atoms with Crippen LogP contribution in [0.5, 0.6) is 0 Å². The Balaban J connectivity index is 1.04. The molecule has 0 saturated carbocycles. The van der Waals surface area contributed by atoms with Gasteiger partial charge in [0.25, 0.3) is 8.32 Å². The van der Waals surface area contributed by atoms with E-state index in [1.807, 2.05) is 194 Å². The van der Waals surface area contributed by atoms with Crippen molar-refractivity contribution in [1.82, 2.24) is 5.32 Å². The number of hydrogen-bond donors (Lipinski definition) is 1. The van der Waals surface area contributed by atoms with Crippen molar-refractivity contribution in [1.29, 1.82) is 0 Å². The van der Waals surface area contributed by atoms with Gasteiger partial charge in [-0.1, -0.05) is 264 Å². The van der Waals surface area contributed by atoms with Crippen LogP contribution in [0.15, 0.2) is 243 Å². The van der Waals surface area contributed by atoms with Crippen LogP contribution in [0.2, 0.25) is 5.04 Å². The molecule has 96 heavy (non-hydrogen) atoms. The molecule has 10 rings (SSSR count). The highest BCUT2D eigenvalue weighted by atomic mass is 28.4. The molecule has 8 aromatic carbocycles. The first kappa shape index (κ1) is 70.6. The van der Waals surface area contributed by atoms with Crippen molar-refractivity contribution < 1.29 is 70.9 Å². The summed E-state index contributed by atoms with van der Waals surface area (Å²) in [7, 11) is -3.35. The third-order valence-electron chi connectivity index (χ3n) is 17.0. The lowest BCUT2D eigenvalue weighted by Crippen LogP contribution is -2.69. The molecule has 2 heterocycles. The Morgan fingerprint density at radius 3 is 1.38 bits per heavy atom. The van der Waals surface area contributed by atoms with Crippen LogP contribution in [0.25, 0.3) is 0 Å². The first-order chi connectivity index (χ1) is 46.9. The molecule has 8 aromatic rings. The molecule has 1 amide bonds. The minimum Gasteiger partial charge on any atom is -0.457 e. The summed E-state index contributed by atoms with van der Waals surface area (Å²) in [6.07, 6.45) is -9.67. The molecule has 0 radical (unpaired) electrons. The number of benzene rings is 8. The van der Waals surface area contributed by atoms with E-state index in [4.69, 9.17) is 56.5 Å². The van der Waals surface area contributed by atoms with E-state index < -0.39 is 92.8 Å². The van der Waals surface area contributed by atoms with Gasteiger partial charge in [0, 0.05) is 20.1 Å². The van der Waals surface area contributed by atoms with Crippen LogP contribution >= 0.6 is 0 Å². The van der Waals surface area contributed by atoms with Crippen LogP contribution in [0, 0.1) is 0 Å². The number of nitrogens with one attached hydrogen (secondary N) is 1. The van der Waals surface area contributed by atoms with Crippen molar-refractivity contribution in [2.75, 3.05) is 26.4 Å². The molecular formula is C79H89NO15Si. The molecule has 0 aromatic heterocycles. The fraction of sp³-hybridized carbons (Fsp3) is 0.354. The maximum absolute atomic E-state index is 14.9. The molecule has 0 bridgehead atoms. The summed E-state index contributed by atoms with van der Waals surface area (Å²) in [6.45, 7) is 9.12. The summed E-state index contributed by atoms with van der Waals surface area (Å²) < 4.78 is 83.3. The van der Waals surface area contributed by atoms with Crippen molar-refractivity contribution >= 4 is 36.7 Å². The zero-order chi connectivity index (χ0) is 66.8. The van der Waals surface area contributed by atoms with Gasteiger partial charge in [0.1, 0.15) is 43.2 Å². The van der Waals surface area contributed by atoms with Crippen molar-refractivity contribution in [3.63, 3.8) is 0 Å². The van der Waals surface area contributed by atoms with Gasteiger partial charge in [0.15, 0.2) is 24.8 Å². The van der Waals surface area contributed by atoms with E-state index in [0.29, 0.717) is 25.8 Å². The number of esters is 2. The van der Waals surface area contributed by atoms with Crippen LogP contribution in [-0.4, -0.2) is 114 Å². The van der Waals surface area contributed by atoms with Crippen molar-refractivity contribution in [3.8, 4) is 0 Å². The molecule has 17 heteroatoms. The Morgan fingerprint density at radius 1 is 0.427 bits per heavy atom. The van der Waals surface area contributed by atoms with E-state index in [2.05, 4.69) is 50.4 Å². The minimum absolute atomic E-state index is 0.00742. The molecule has 0 spiro atoms. The number of unbranched alkanes of at least 4 members (excludes halogenated alkanes) is 3. The molecule has 0 unspecified atom stereocenters. The third-order valence-corrected chi connectivity index (χ3v) is 22.0. The fourth-order valence-electron chi connectivity index (χ4n) is 12.3. The smallest absolute Gasteiger partial charge is 0.407 e. The maximum atomic E-state index is 14.9. The molecule has 2 aliphatic heterocycles. The van der Waals surface area contributed by atoms with Crippen LogP contribution in [0.3, 0.4) is 0 Å². The monoisotopic (exact) mass is 1320 g/mol. The number of alkyl carbamates (subject to hydrolysis) is 1. The van der Waals surface area contributed by atoms with E-state index >= 15 is 0 Å². The van der Waals surface area contributed by atoms with Gasteiger partial charge in [-0.15, -0.1) is 0 Å². The summed E-state index contributed by atoms with van der Waals surface area (Å²) in [5, 5.41) is 4.40. The number of carbonyl (C=O) groups excluding carboxylic acids is 3. The summed E-state index contributed by atoms with van der Waals surface area (Å²) in [4.78, 5) is 41.5. The highest BCUT2D eigenvalue weighted by molar-refractivity contribution is 6.99. The van der Waals surface area contributed by atoms with Crippen molar-refractivity contribution in [3.05, 3.63) is 276 Å². The number of amides is 1. The van der Waals surface area contributed by atoms with Gasteiger partial charge in [-0.2, -0.15) is 0 Å². The molecule has 504 valence electrons. The lowest BCUT2D eigenvalue weighted by Gasteiger charge is -2.50. The van der Waals surface area contributed by atoms with Crippen molar-refractivity contribution in [2.24, 2.45) is 0 Å². The Morgan fingerprint density at radius 2 is 0.865 bits per heavy atom. The van der Waals surface area contributed by atoms with Gasteiger partial charge in [0.2, 0.25) is 0 Å². The summed E-state index contributed by atoms with van der Waals surface area (Å²) in [5.74, 6) is -1.37. The molecule has 2 fully saturated rings. The van der Waals surface area contributed by atoms with Crippen LogP contribution < -0.4 is 15.7 Å². The lowest BCUT2D eigenvalue weighted by atomic mass is 9.95. The highest BCUT2D eigenvalue weighted by Crippen LogP contribution is 2.40. The van der Waals surface area contributed by atoms with Gasteiger partial charge in [-0.05, 0) is 68.2 Å². The summed E-state index contributed by atoms with van der Waals surface area (Å²) >= 11 is 0. The zero-order valence-corrected chi connectivity index (χ0v) is 56.2. The molecule has 16 nitrogen and oxygen atoms in total. The van der Waals surface area contributed by atoms with E-state index in [9.17, 15) is 14.4 Å².